The van der Waals surface area contributed by atoms with Crippen LogP contribution < -0.4 is 0 Å². The number of hydrogen-bond donors (Lipinski definition) is 0. The second kappa shape index (κ2) is 4.51. The molecule has 0 aliphatic carbocycles. The van der Waals surface area contributed by atoms with Gasteiger partial charge >= 0.3 is 0 Å². The Kier molecular flexibility index (Phi) is 3.60. The maximum atomic E-state index is 2.35. The molecular weight excluding hydrogens is 148 g/mol. The van der Waals surface area contributed by atoms with Crippen molar-refractivity contribution >= 4 is 0 Å². The molecule has 70 valence electrons. The zero-order valence-corrected chi connectivity index (χ0v) is 8.51. The number of unbranched alkanes of at least 4 members (excludes halogenated alkanes) is 1. The number of hydrogen-bond acceptors (Lipinski definition) is 2. The van der Waals surface area contributed by atoms with Crippen molar-refractivity contribution in [1.82, 2.24) is 9.80 Å². The lowest BCUT2D eigenvalue weighted by Gasteiger charge is -2.30. The van der Waals surface area contributed by atoms with E-state index in [4.69, 9.17) is 0 Å². The lowest BCUT2D eigenvalue weighted by atomic mass is 10.1. The van der Waals surface area contributed by atoms with Crippen LogP contribution in [0, 0.1) is 0 Å². The van der Waals surface area contributed by atoms with Gasteiger partial charge in [-0.05, 0) is 25.5 Å². The van der Waals surface area contributed by atoms with Gasteiger partial charge in [0.1, 0.15) is 0 Å². The van der Waals surface area contributed by atoms with Crippen molar-refractivity contribution < 1.29 is 0 Å². The number of likely N-dealkylation sites (N-methyl/N-ethyl adjacent to an activating group) is 1. The van der Waals surface area contributed by atoms with Crippen molar-refractivity contribution in [3.63, 3.8) is 0 Å². The Balaban J connectivity index is 2.40. The second-order valence-electron chi connectivity index (χ2n) is 3.80. The van der Waals surface area contributed by atoms with Crippen LogP contribution in [0.5, 0.6) is 0 Å². The van der Waals surface area contributed by atoms with E-state index in [1.165, 1.54) is 19.3 Å². The predicted octanol–water partition coefficient (Wildman–Crippen LogP) is 1.90. The maximum absolute atomic E-state index is 2.35. The molecule has 1 rings (SSSR count). The van der Waals surface area contributed by atoms with Crippen LogP contribution in [0.4, 0.5) is 0 Å². The first-order chi connectivity index (χ1) is 5.72. The Morgan fingerprint density at radius 1 is 1.42 bits per heavy atom. The number of rotatable bonds is 3. The molecule has 2 heteroatoms. The molecule has 12 heavy (non-hydrogen) atoms. The van der Waals surface area contributed by atoms with Crippen LogP contribution in [0.15, 0.2) is 11.8 Å². The van der Waals surface area contributed by atoms with Crippen LogP contribution in [0.25, 0.3) is 0 Å². The Morgan fingerprint density at radius 2 is 2.17 bits per heavy atom. The van der Waals surface area contributed by atoms with Gasteiger partial charge in [0.2, 0.25) is 0 Å². The largest absolute Gasteiger partial charge is 0.368 e. The average Bonchev–Trinajstić information content (AvgIpc) is 1.99. The zero-order chi connectivity index (χ0) is 8.97. The van der Waals surface area contributed by atoms with Crippen molar-refractivity contribution in [2.24, 2.45) is 0 Å². The summed E-state index contributed by atoms with van der Waals surface area (Å²) in [5.41, 5.74) is 1.58. The molecule has 0 amide bonds. The highest BCUT2D eigenvalue weighted by Crippen LogP contribution is 2.13. The van der Waals surface area contributed by atoms with E-state index in [-0.39, 0.29) is 0 Å². The van der Waals surface area contributed by atoms with E-state index in [2.05, 4.69) is 37.0 Å². The Labute approximate surface area is 75.8 Å². The summed E-state index contributed by atoms with van der Waals surface area (Å²) in [6.07, 6.45) is 6.19. The lowest BCUT2D eigenvalue weighted by molar-refractivity contribution is 0.217. The molecule has 0 saturated carbocycles. The van der Waals surface area contributed by atoms with Crippen LogP contribution in [0.3, 0.4) is 0 Å². The Hall–Kier alpha value is -0.500. The van der Waals surface area contributed by atoms with Crippen molar-refractivity contribution in [2.45, 2.75) is 26.2 Å². The van der Waals surface area contributed by atoms with Gasteiger partial charge in [0.25, 0.3) is 0 Å². The third kappa shape index (κ3) is 2.86. The van der Waals surface area contributed by atoms with Gasteiger partial charge in [0, 0.05) is 19.8 Å². The van der Waals surface area contributed by atoms with Gasteiger partial charge in [0.15, 0.2) is 0 Å². The molecule has 0 fully saturated rings. The molecule has 1 heterocycles. The van der Waals surface area contributed by atoms with Gasteiger partial charge in [-0.1, -0.05) is 13.3 Å². The molecule has 0 atom stereocenters. The summed E-state index contributed by atoms with van der Waals surface area (Å²) in [7, 11) is 4.32. The van der Waals surface area contributed by atoms with E-state index >= 15 is 0 Å². The third-order valence-corrected chi connectivity index (χ3v) is 2.19. The molecule has 2 nitrogen and oxygen atoms in total. The molecule has 1 aliphatic heterocycles. The third-order valence-electron chi connectivity index (χ3n) is 2.19. The average molecular weight is 168 g/mol. The fraction of sp³-hybridized carbons (Fsp3) is 0.800. The van der Waals surface area contributed by atoms with Crippen molar-refractivity contribution in [2.75, 3.05) is 27.3 Å². The summed E-state index contributed by atoms with van der Waals surface area (Å²) >= 11 is 0. The normalized spacial score (nSPS) is 19.6. The van der Waals surface area contributed by atoms with Gasteiger partial charge in [-0.3, -0.25) is 4.90 Å². The molecule has 0 N–H and O–H groups in total. The van der Waals surface area contributed by atoms with Crippen molar-refractivity contribution in [1.29, 1.82) is 0 Å². The first kappa shape index (κ1) is 9.59. The first-order valence-electron chi connectivity index (χ1n) is 4.80. The van der Waals surface area contributed by atoms with Crippen LogP contribution >= 0.6 is 0 Å². The SMILES string of the molecule is CCCCC1=CN(C)CN(C)C1. The van der Waals surface area contributed by atoms with Gasteiger partial charge in [0.05, 0.1) is 6.67 Å². The Bertz CT molecular complexity index is 163. The standard InChI is InChI=1S/C10H20N2/c1-4-5-6-10-7-11(2)9-12(3)8-10/h7H,4-6,8-9H2,1-3H3. The van der Waals surface area contributed by atoms with Gasteiger partial charge in [-0.25, -0.2) is 0 Å². The van der Waals surface area contributed by atoms with E-state index in [9.17, 15) is 0 Å². The second-order valence-corrected chi connectivity index (χ2v) is 3.80. The van der Waals surface area contributed by atoms with E-state index in [1.54, 1.807) is 5.57 Å². The quantitative estimate of drug-likeness (QED) is 0.635. The summed E-state index contributed by atoms with van der Waals surface area (Å²) in [5.74, 6) is 0. The van der Waals surface area contributed by atoms with Crippen molar-refractivity contribution in [3.05, 3.63) is 11.8 Å². The molecule has 0 aromatic carbocycles. The highest BCUT2D eigenvalue weighted by molar-refractivity contribution is 5.06. The highest BCUT2D eigenvalue weighted by Gasteiger charge is 2.10. The summed E-state index contributed by atoms with van der Waals surface area (Å²) in [6.45, 7) is 4.47. The highest BCUT2D eigenvalue weighted by atomic mass is 15.3. The minimum Gasteiger partial charge on any atom is -0.368 e. The van der Waals surface area contributed by atoms with Gasteiger partial charge in [-0.2, -0.15) is 0 Å². The Morgan fingerprint density at radius 3 is 2.75 bits per heavy atom. The molecule has 0 aromatic heterocycles. The monoisotopic (exact) mass is 168 g/mol. The van der Waals surface area contributed by atoms with E-state index in [0.717, 1.165) is 13.2 Å². The molecule has 0 spiro atoms. The minimum absolute atomic E-state index is 1.07. The summed E-state index contributed by atoms with van der Waals surface area (Å²) in [6, 6.07) is 0. The summed E-state index contributed by atoms with van der Waals surface area (Å²) in [5, 5.41) is 0. The van der Waals surface area contributed by atoms with Crippen molar-refractivity contribution in [3.8, 4) is 0 Å². The molecule has 1 aliphatic rings. The van der Waals surface area contributed by atoms with Gasteiger partial charge in [-0.15, -0.1) is 0 Å². The lowest BCUT2D eigenvalue weighted by Crippen LogP contribution is -2.35. The molecule has 0 unspecified atom stereocenters. The van der Waals surface area contributed by atoms with Crippen LogP contribution in [-0.4, -0.2) is 37.1 Å². The smallest absolute Gasteiger partial charge is 0.0698 e. The predicted molar refractivity (Wildman–Crippen MR) is 52.9 cm³/mol. The molecular formula is C10H20N2. The van der Waals surface area contributed by atoms with Crippen LogP contribution in [0.1, 0.15) is 26.2 Å². The van der Waals surface area contributed by atoms with Crippen LogP contribution in [-0.2, 0) is 0 Å². The maximum Gasteiger partial charge on any atom is 0.0698 e. The topological polar surface area (TPSA) is 6.48 Å². The van der Waals surface area contributed by atoms with E-state index in [0.29, 0.717) is 0 Å². The molecule has 0 aromatic rings. The first-order valence-corrected chi connectivity index (χ1v) is 4.80. The zero-order valence-electron chi connectivity index (χ0n) is 8.51. The number of nitrogens with zero attached hydrogens (tertiary/aromatic N) is 2. The minimum atomic E-state index is 1.07. The fourth-order valence-electron chi connectivity index (χ4n) is 1.72. The summed E-state index contributed by atoms with van der Waals surface area (Å²) in [4.78, 5) is 4.61. The van der Waals surface area contributed by atoms with Gasteiger partial charge < -0.3 is 4.90 Å². The fourth-order valence-corrected chi connectivity index (χ4v) is 1.72. The molecule has 0 bridgehead atoms. The molecule has 0 radical (unpaired) electrons. The molecule has 0 saturated heterocycles. The van der Waals surface area contributed by atoms with E-state index in [1.807, 2.05) is 0 Å². The summed E-state index contributed by atoms with van der Waals surface area (Å²) < 4.78 is 0. The van der Waals surface area contributed by atoms with Crippen LogP contribution in [0.2, 0.25) is 0 Å². The van der Waals surface area contributed by atoms with E-state index < -0.39 is 0 Å².